The van der Waals surface area contributed by atoms with E-state index < -0.39 is 11.7 Å². The molecule has 3 rings (SSSR count). The molecule has 1 aliphatic heterocycles. The van der Waals surface area contributed by atoms with Gasteiger partial charge in [-0.25, -0.2) is 4.79 Å². The number of alkyl carbamates (subject to hydrolysis) is 1. The molecule has 0 aliphatic carbocycles. The molecule has 0 bridgehead atoms. The van der Waals surface area contributed by atoms with Crippen LogP contribution in [-0.4, -0.2) is 41.6 Å². The number of hydrogen-bond donors (Lipinski definition) is 1. The van der Waals surface area contributed by atoms with Gasteiger partial charge in [0, 0.05) is 24.7 Å². The van der Waals surface area contributed by atoms with Crippen molar-refractivity contribution in [3.8, 4) is 5.75 Å². The predicted molar refractivity (Wildman–Crippen MR) is 130 cm³/mol. The van der Waals surface area contributed by atoms with Crippen molar-refractivity contribution in [1.82, 2.24) is 10.2 Å². The molecule has 6 heteroatoms. The largest absolute Gasteiger partial charge is 0.489 e. The van der Waals surface area contributed by atoms with Crippen LogP contribution in [0, 0.1) is 0 Å². The first-order valence-electron chi connectivity index (χ1n) is 11.4. The second-order valence-electron chi connectivity index (χ2n) is 9.35. The molecule has 2 aromatic rings. The highest BCUT2D eigenvalue weighted by Gasteiger charge is 2.27. The van der Waals surface area contributed by atoms with Gasteiger partial charge < -0.3 is 19.7 Å². The Hall–Kier alpha value is -3.28. The van der Waals surface area contributed by atoms with E-state index >= 15 is 0 Å². The number of benzene rings is 2. The fourth-order valence-electron chi connectivity index (χ4n) is 3.81. The molecule has 1 atom stereocenters. The third-order valence-corrected chi connectivity index (χ3v) is 5.39. The number of rotatable bonds is 7. The summed E-state index contributed by atoms with van der Waals surface area (Å²) < 4.78 is 11.4. The van der Waals surface area contributed by atoms with Crippen LogP contribution >= 0.6 is 0 Å². The lowest BCUT2D eigenvalue weighted by Gasteiger charge is -2.33. The van der Waals surface area contributed by atoms with Crippen LogP contribution in [0.3, 0.4) is 0 Å². The minimum Gasteiger partial charge on any atom is -0.489 e. The van der Waals surface area contributed by atoms with Crippen molar-refractivity contribution in [2.75, 3.05) is 13.1 Å². The lowest BCUT2D eigenvalue weighted by atomic mass is 10.0. The standard InChI is InChI=1S/C27H34N2O4/c1-5-20-13-14-24(32-19-21-10-7-6-8-11-21)22(16-20)17-25(30)29-15-9-12-23(18-29)28-26(31)33-27(2,3)4/h5-8,10-11,13-14,16,23H,1,9,12,15,17-19H2,2-4H3,(H,28,31). The summed E-state index contributed by atoms with van der Waals surface area (Å²) in [5.41, 5.74) is 2.28. The molecule has 0 radical (unpaired) electrons. The van der Waals surface area contributed by atoms with Crippen molar-refractivity contribution in [2.24, 2.45) is 0 Å². The molecule has 1 saturated heterocycles. The summed E-state index contributed by atoms with van der Waals surface area (Å²) >= 11 is 0. The van der Waals surface area contributed by atoms with Crippen LogP contribution < -0.4 is 10.1 Å². The van der Waals surface area contributed by atoms with Gasteiger partial charge in [0.25, 0.3) is 0 Å². The molecule has 1 fully saturated rings. The molecule has 1 N–H and O–H groups in total. The lowest BCUT2D eigenvalue weighted by Crippen LogP contribution is -2.50. The summed E-state index contributed by atoms with van der Waals surface area (Å²) in [7, 11) is 0. The van der Waals surface area contributed by atoms with Crippen LogP contribution in [0.1, 0.15) is 50.3 Å². The van der Waals surface area contributed by atoms with Gasteiger partial charge in [-0.1, -0.05) is 49.1 Å². The quantitative estimate of drug-likeness (QED) is 0.647. The molecule has 1 heterocycles. The van der Waals surface area contributed by atoms with E-state index in [4.69, 9.17) is 9.47 Å². The Bertz CT molecular complexity index is 966. The third-order valence-electron chi connectivity index (χ3n) is 5.39. The molecule has 33 heavy (non-hydrogen) atoms. The maximum absolute atomic E-state index is 13.2. The Morgan fingerprint density at radius 3 is 2.64 bits per heavy atom. The number of amides is 2. The molecule has 6 nitrogen and oxygen atoms in total. The van der Waals surface area contributed by atoms with Crippen LogP contribution in [0.25, 0.3) is 6.08 Å². The molecule has 1 aliphatic rings. The normalized spacial score (nSPS) is 16.1. The predicted octanol–water partition coefficient (Wildman–Crippen LogP) is 4.97. The Balaban J connectivity index is 1.64. The number of nitrogens with zero attached hydrogens (tertiary/aromatic N) is 1. The monoisotopic (exact) mass is 450 g/mol. The van der Waals surface area contributed by atoms with Crippen molar-refractivity contribution in [1.29, 1.82) is 0 Å². The van der Waals surface area contributed by atoms with E-state index in [1.807, 2.05) is 74.2 Å². The lowest BCUT2D eigenvalue weighted by molar-refractivity contribution is -0.131. The van der Waals surface area contributed by atoms with Crippen molar-refractivity contribution in [2.45, 2.75) is 58.3 Å². The molecule has 0 saturated carbocycles. The highest BCUT2D eigenvalue weighted by atomic mass is 16.6. The van der Waals surface area contributed by atoms with Gasteiger partial charge in [-0.15, -0.1) is 0 Å². The second-order valence-corrected chi connectivity index (χ2v) is 9.35. The SMILES string of the molecule is C=Cc1ccc(OCc2ccccc2)c(CC(=O)N2CCCC(NC(=O)OC(C)(C)C)C2)c1. The van der Waals surface area contributed by atoms with Gasteiger partial charge in [0.15, 0.2) is 0 Å². The van der Waals surface area contributed by atoms with E-state index in [1.165, 1.54) is 0 Å². The van der Waals surface area contributed by atoms with Crippen molar-refractivity contribution in [3.05, 3.63) is 71.8 Å². The first-order valence-corrected chi connectivity index (χ1v) is 11.4. The van der Waals surface area contributed by atoms with E-state index in [9.17, 15) is 9.59 Å². The van der Waals surface area contributed by atoms with E-state index in [1.54, 1.807) is 6.08 Å². The zero-order valence-corrected chi connectivity index (χ0v) is 19.8. The summed E-state index contributed by atoms with van der Waals surface area (Å²) in [6.07, 6.45) is 3.19. The first kappa shape index (κ1) is 24.4. The minimum absolute atomic E-state index is 0.0106. The number of carbonyl (C=O) groups excluding carboxylic acids is 2. The topological polar surface area (TPSA) is 67.9 Å². The van der Waals surface area contributed by atoms with Crippen LogP contribution in [0.4, 0.5) is 4.79 Å². The third kappa shape index (κ3) is 7.67. The van der Waals surface area contributed by atoms with Gasteiger partial charge in [0.05, 0.1) is 6.42 Å². The van der Waals surface area contributed by atoms with E-state index in [0.717, 1.165) is 29.5 Å². The summed E-state index contributed by atoms with van der Waals surface area (Å²) in [5, 5.41) is 2.90. The molecule has 1 unspecified atom stereocenters. The number of ether oxygens (including phenoxy) is 2. The maximum atomic E-state index is 13.2. The Morgan fingerprint density at radius 2 is 1.94 bits per heavy atom. The average Bonchev–Trinajstić information content (AvgIpc) is 2.77. The molecule has 2 amide bonds. The molecular formula is C27H34N2O4. The van der Waals surface area contributed by atoms with Gasteiger partial charge in [0.1, 0.15) is 18.0 Å². The van der Waals surface area contributed by atoms with Gasteiger partial charge >= 0.3 is 6.09 Å². The van der Waals surface area contributed by atoms with E-state index in [2.05, 4.69) is 11.9 Å². The maximum Gasteiger partial charge on any atom is 0.407 e. The Kier molecular flexibility index (Phi) is 8.15. The number of nitrogens with one attached hydrogen (secondary N) is 1. The first-order chi connectivity index (χ1) is 15.7. The van der Waals surface area contributed by atoms with Gasteiger partial charge in [-0.05, 0) is 56.9 Å². The molecule has 0 spiro atoms. The van der Waals surface area contributed by atoms with Crippen LogP contribution in [-0.2, 0) is 22.6 Å². The second kappa shape index (κ2) is 11.0. The van der Waals surface area contributed by atoms with Crippen molar-refractivity contribution < 1.29 is 19.1 Å². The zero-order chi connectivity index (χ0) is 23.8. The fraction of sp³-hybridized carbons (Fsp3) is 0.407. The summed E-state index contributed by atoms with van der Waals surface area (Å²) in [5.74, 6) is 0.703. The molecule has 2 aromatic carbocycles. The number of hydrogen-bond acceptors (Lipinski definition) is 4. The van der Waals surface area contributed by atoms with Gasteiger partial charge in [0.2, 0.25) is 5.91 Å². The van der Waals surface area contributed by atoms with E-state index in [-0.39, 0.29) is 18.4 Å². The van der Waals surface area contributed by atoms with Crippen LogP contribution in [0.5, 0.6) is 5.75 Å². The smallest absolute Gasteiger partial charge is 0.407 e. The molecule has 176 valence electrons. The number of carbonyl (C=O) groups is 2. The van der Waals surface area contributed by atoms with Crippen LogP contribution in [0.2, 0.25) is 0 Å². The summed E-state index contributed by atoms with van der Waals surface area (Å²) in [4.78, 5) is 27.1. The van der Waals surface area contributed by atoms with Gasteiger partial charge in [-0.3, -0.25) is 4.79 Å². The summed E-state index contributed by atoms with van der Waals surface area (Å²) in [6, 6.07) is 15.6. The zero-order valence-electron chi connectivity index (χ0n) is 19.8. The van der Waals surface area contributed by atoms with Crippen molar-refractivity contribution in [3.63, 3.8) is 0 Å². The van der Waals surface area contributed by atoms with E-state index in [0.29, 0.717) is 25.4 Å². The Labute approximate surface area is 196 Å². The van der Waals surface area contributed by atoms with Crippen LogP contribution in [0.15, 0.2) is 55.1 Å². The Morgan fingerprint density at radius 1 is 1.18 bits per heavy atom. The van der Waals surface area contributed by atoms with Gasteiger partial charge in [-0.2, -0.15) is 0 Å². The average molecular weight is 451 g/mol. The fourth-order valence-corrected chi connectivity index (χ4v) is 3.81. The highest BCUT2D eigenvalue weighted by molar-refractivity contribution is 5.80. The minimum atomic E-state index is -0.555. The molecular weight excluding hydrogens is 416 g/mol. The molecule has 0 aromatic heterocycles. The summed E-state index contributed by atoms with van der Waals surface area (Å²) in [6.45, 7) is 10.9. The highest BCUT2D eigenvalue weighted by Crippen LogP contribution is 2.24. The van der Waals surface area contributed by atoms with Crippen molar-refractivity contribution >= 4 is 18.1 Å². The number of piperidine rings is 1. The number of likely N-dealkylation sites (tertiary alicyclic amines) is 1.